The van der Waals surface area contributed by atoms with Crippen LogP contribution in [0.3, 0.4) is 0 Å². The summed E-state index contributed by atoms with van der Waals surface area (Å²) in [7, 11) is 3.63. The number of hydrogen-bond donors (Lipinski definition) is 1. The molecule has 0 heterocycles. The highest BCUT2D eigenvalue weighted by Crippen LogP contribution is 2.30. The maximum Gasteiger partial charge on any atom is 0.133 e. The molecule has 0 aliphatic rings. The predicted octanol–water partition coefficient (Wildman–Crippen LogP) is 2.91. The zero-order valence-electron chi connectivity index (χ0n) is 9.02. The Labute approximate surface area is 93.8 Å². The summed E-state index contributed by atoms with van der Waals surface area (Å²) in [5.74, 6) is 0.867. The molecule has 0 aliphatic carbocycles. The van der Waals surface area contributed by atoms with Gasteiger partial charge in [0.1, 0.15) is 5.75 Å². The van der Waals surface area contributed by atoms with Crippen molar-refractivity contribution in [1.82, 2.24) is 5.32 Å². The number of benzene rings is 1. The fraction of sp³-hybridized carbons (Fsp3) is 0.455. The molecule has 0 bridgehead atoms. The van der Waals surface area contributed by atoms with Crippen LogP contribution >= 0.6 is 15.9 Å². The fourth-order valence-electron chi connectivity index (χ4n) is 1.19. The van der Waals surface area contributed by atoms with Crippen molar-refractivity contribution < 1.29 is 4.74 Å². The third-order valence-corrected chi connectivity index (χ3v) is 3.15. The van der Waals surface area contributed by atoms with Gasteiger partial charge in [-0.3, -0.25) is 0 Å². The Morgan fingerprint density at radius 2 is 2.00 bits per heavy atom. The highest BCUT2D eigenvalue weighted by Gasteiger charge is 2.18. The molecule has 2 nitrogen and oxygen atoms in total. The van der Waals surface area contributed by atoms with Crippen LogP contribution in [0.25, 0.3) is 0 Å². The average Bonchev–Trinajstić information content (AvgIpc) is 2.18. The first kappa shape index (κ1) is 11.5. The number of nitrogens with one attached hydrogen (secondary N) is 1. The second-order valence-corrected chi connectivity index (χ2v) is 4.58. The maximum absolute atomic E-state index is 5.25. The van der Waals surface area contributed by atoms with Crippen LogP contribution < -0.4 is 10.1 Å². The number of ether oxygens (including phenoxy) is 1. The molecule has 0 spiro atoms. The summed E-state index contributed by atoms with van der Waals surface area (Å²) in [4.78, 5) is 0. The molecule has 0 saturated heterocycles. The number of hydrogen-bond acceptors (Lipinski definition) is 2. The van der Waals surface area contributed by atoms with Gasteiger partial charge in [0.2, 0.25) is 0 Å². The first-order valence-corrected chi connectivity index (χ1v) is 5.33. The van der Waals surface area contributed by atoms with E-state index in [0.717, 1.165) is 10.2 Å². The summed E-state index contributed by atoms with van der Waals surface area (Å²) in [6.07, 6.45) is 0. The Morgan fingerprint density at radius 1 is 1.36 bits per heavy atom. The highest BCUT2D eigenvalue weighted by molar-refractivity contribution is 9.10. The predicted molar refractivity (Wildman–Crippen MR) is 62.8 cm³/mol. The van der Waals surface area contributed by atoms with Crippen molar-refractivity contribution in [1.29, 1.82) is 0 Å². The molecule has 0 fully saturated rings. The zero-order valence-corrected chi connectivity index (χ0v) is 10.6. The van der Waals surface area contributed by atoms with Gasteiger partial charge < -0.3 is 10.1 Å². The van der Waals surface area contributed by atoms with Gasteiger partial charge in [0.05, 0.1) is 11.6 Å². The van der Waals surface area contributed by atoms with Crippen LogP contribution in [-0.4, -0.2) is 14.2 Å². The average molecular weight is 258 g/mol. The molecule has 78 valence electrons. The lowest BCUT2D eigenvalue weighted by molar-refractivity contribution is 0.404. The lowest BCUT2D eigenvalue weighted by atomic mass is 9.94. The molecule has 1 aromatic rings. The lowest BCUT2D eigenvalue weighted by Gasteiger charge is -2.25. The molecule has 14 heavy (non-hydrogen) atoms. The fourth-order valence-corrected chi connectivity index (χ4v) is 1.60. The Bertz CT molecular complexity index is 323. The van der Waals surface area contributed by atoms with Gasteiger partial charge >= 0.3 is 0 Å². The van der Waals surface area contributed by atoms with E-state index >= 15 is 0 Å². The molecule has 1 N–H and O–H groups in total. The molecule has 0 unspecified atom stereocenters. The minimum atomic E-state index is -0.0338. The van der Waals surface area contributed by atoms with Crippen molar-refractivity contribution in [2.75, 3.05) is 14.2 Å². The van der Waals surface area contributed by atoms with Crippen molar-refractivity contribution in [2.24, 2.45) is 0 Å². The summed E-state index contributed by atoms with van der Waals surface area (Å²) in [5, 5.41) is 3.26. The standard InChI is InChI=1S/C11H16BrNO/c1-11(2,13-3)8-5-6-9(12)10(7-8)14-4/h5-7,13H,1-4H3. The van der Waals surface area contributed by atoms with Crippen LogP contribution in [-0.2, 0) is 5.54 Å². The molecule has 0 amide bonds. The van der Waals surface area contributed by atoms with E-state index in [0.29, 0.717) is 0 Å². The summed E-state index contributed by atoms with van der Waals surface area (Å²) in [6, 6.07) is 6.14. The van der Waals surface area contributed by atoms with E-state index in [2.05, 4.69) is 41.2 Å². The molecule has 1 rings (SSSR count). The minimum absolute atomic E-state index is 0.0338. The molecule has 3 heteroatoms. The Kier molecular flexibility index (Phi) is 3.56. The van der Waals surface area contributed by atoms with Gasteiger partial charge in [0.25, 0.3) is 0 Å². The van der Waals surface area contributed by atoms with Crippen LogP contribution in [0.15, 0.2) is 22.7 Å². The Balaban J connectivity index is 3.12. The van der Waals surface area contributed by atoms with Crippen LogP contribution in [0.4, 0.5) is 0 Å². The Morgan fingerprint density at radius 3 is 2.50 bits per heavy atom. The van der Waals surface area contributed by atoms with Gasteiger partial charge in [-0.15, -0.1) is 0 Å². The SMILES string of the molecule is CNC(C)(C)c1ccc(Br)c(OC)c1. The van der Waals surface area contributed by atoms with E-state index in [9.17, 15) is 0 Å². The number of rotatable bonds is 3. The largest absolute Gasteiger partial charge is 0.496 e. The molecule has 0 atom stereocenters. The molecule has 1 aromatic carbocycles. The molecule has 0 aliphatic heterocycles. The van der Waals surface area contributed by atoms with Crippen molar-refractivity contribution in [2.45, 2.75) is 19.4 Å². The van der Waals surface area contributed by atoms with Gasteiger partial charge in [-0.05, 0) is 54.5 Å². The normalized spacial score (nSPS) is 11.5. The summed E-state index contributed by atoms with van der Waals surface area (Å²) < 4.78 is 6.23. The van der Waals surface area contributed by atoms with E-state index in [1.54, 1.807) is 7.11 Å². The van der Waals surface area contributed by atoms with Crippen LogP contribution in [0.5, 0.6) is 5.75 Å². The van der Waals surface area contributed by atoms with Gasteiger partial charge in [-0.25, -0.2) is 0 Å². The second kappa shape index (κ2) is 4.32. The van der Waals surface area contributed by atoms with Crippen LogP contribution in [0.1, 0.15) is 19.4 Å². The third kappa shape index (κ3) is 2.28. The first-order valence-electron chi connectivity index (χ1n) is 4.54. The molecular formula is C11H16BrNO. The van der Waals surface area contributed by atoms with E-state index < -0.39 is 0 Å². The van der Waals surface area contributed by atoms with Crippen LogP contribution in [0, 0.1) is 0 Å². The maximum atomic E-state index is 5.25. The van der Waals surface area contributed by atoms with E-state index in [1.807, 2.05) is 19.2 Å². The molecule has 0 radical (unpaired) electrons. The quantitative estimate of drug-likeness (QED) is 0.900. The van der Waals surface area contributed by atoms with Gasteiger partial charge in [-0.1, -0.05) is 6.07 Å². The van der Waals surface area contributed by atoms with E-state index in [-0.39, 0.29) is 5.54 Å². The first-order chi connectivity index (χ1) is 6.51. The monoisotopic (exact) mass is 257 g/mol. The topological polar surface area (TPSA) is 21.3 Å². The minimum Gasteiger partial charge on any atom is -0.496 e. The zero-order chi connectivity index (χ0) is 10.8. The van der Waals surface area contributed by atoms with E-state index in [4.69, 9.17) is 4.74 Å². The van der Waals surface area contributed by atoms with Crippen molar-refractivity contribution in [3.05, 3.63) is 28.2 Å². The van der Waals surface area contributed by atoms with Crippen LogP contribution in [0.2, 0.25) is 0 Å². The van der Waals surface area contributed by atoms with Gasteiger partial charge in [0.15, 0.2) is 0 Å². The highest BCUT2D eigenvalue weighted by atomic mass is 79.9. The van der Waals surface area contributed by atoms with Crippen molar-refractivity contribution in [3.8, 4) is 5.75 Å². The number of halogens is 1. The third-order valence-electron chi connectivity index (χ3n) is 2.50. The van der Waals surface area contributed by atoms with Gasteiger partial charge in [-0.2, -0.15) is 0 Å². The van der Waals surface area contributed by atoms with E-state index in [1.165, 1.54) is 5.56 Å². The summed E-state index contributed by atoms with van der Waals surface area (Å²) in [6.45, 7) is 4.27. The van der Waals surface area contributed by atoms with Gasteiger partial charge in [0, 0.05) is 5.54 Å². The Hall–Kier alpha value is -0.540. The lowest BCUT2D eigenvalue weighted by Crippen LogP contribution is -2.33. The van der Waals surface area contributed by atoms with Crippen molar-refractivity contribution in [3.63, 3.8) is 0 Å². The molecule has 0 aromatic heterocycles. The number of methoxy groups -OCH3 is 1. The summed E-state index contributed by atoms with van der Waals surface area (Å²) in [5.41, 5.74) is 1.17. The molecule has 0 saturated carbocycles. The molecular weight excluding hydrogens is 242 g/mol. The smallest absolute Gasteiger partial charge is 0.133 e. The summed E-state index contributed by atoms with van der Waals surface area (Å²) >= 11 is 3.43. The second-order valence-electron chi connectivity index (χ2n) is 3.72. The van der Waals surface area contributed by atoms with Crippen molar-refractivity contribution >= 4 is 15.9 Å².